The van der Waals surface area contributed by atoms with Crippen LogP contribution in [-0.4, -0.2) is 45.5 Å². The third-order valence-corrected chi connectivity index (χ3v) is 3.71. The summed E-state index contributed by atoms with van der Waals surface area (Å²) in [7, 11) is 0. The van der Waals surface area contributed by atoms with Crippen molar-refractivity contribution in [3.05, 3.63) is 35.7 Å². The van der Waals surface area contributed by atoms with E-state index < -0.39 is 47.8 Å². The number of nitrogens with zero attached hydrogens (tertiary/aromatic N) is 2. The molecule has 3 N–H and O–H groups in total. The van der Waals surface area contributed by atoms with Crippen molar-refractivity contribution in [2.75, 3.05) is 12.3 Å². The van der Waals surface area contributed by atoms with Gasteiger partial charge in [0.2, 0.25) is 0 Å². The molecule has 0 radical (unpaired) electrons. The van der Waals surface area contributed by atoms with Gasteiger partial charge in [0.25, 0.3) is 0 Å². The number of carboxylic acid groups (broad SMARTS) is 1. The zero-order valence-corrected chi connectivity index (χ0v) is 17.5. The molecular formula is C19H31F2N3O6. The SMILES string of the molecule is C=C.CC(C)C(=O)O.CC(C)C(=O)OCC1CC(F)C(n2cc(F)c(N)nc2=O)O1.[HH]. The van der Waals surface area contributed by atoms with Gasteiger partial charge in [-0.15, -0.1) is 13.2 Å². The Balaban J connectivity index is 0. The summed E-state index contributed by atoms with van der Waals surface area (Å²) in [5.74, 6) is -3.21. The summed E-state index contributed by atoms with van der Waals surface area (Å²) in [4.78, 5) is 36.0. The number of nitrogens with two attached hydrogens (primary N) is 1. The van der Waals surface area contributed by atoms with E-state index in [4.69, 9.17) is 20.3 Å². The zero-order chi connectivity index (χ0) is 23.6. The summed E-state index contributed by atoms with van der Waals surface area (Å²) in [6, 6.07) is 0. The molecule has 9 nitrogen and oxygen atoms in total. The number of carbonyl (C=O) groups is 2. The van der Waals surface area contributed by atoms with Crippen molar-refractivity contribution in [1.29, 1.82) is 0 Å². The number of hydrogen-bond donors (Lipinski definition) is 2. The molecule has 1 saturated heterocycles. The third-order valence-electron chi connectivity index (χ3n) is 3.71. The molecule has 0 saturated carbocycles. The maximum Gasteiger partial charge on any atom is 0.351 e. The van der Waals surface area contributed by atoms with Crippen LogP contribution in [0.25, 0.3) is 0 Å². The van der Waals surface area contributed by atoms with E-state index in [2.05, 4.69) is 18.1 Å². The van der Waals surface area contributed by atoms with Gasteiger partial charge in [0.1, 0.15) is 12.8 Å². The summed E-state index contributed by atoms with van der Waals surface area (Å²) in [6.07, 6.45) is -2.91. The minimum absolute atomic E-state index is 0. The van der Waals surface area contributed by atoms with Crippen LogP contribution in [0.2, 0.25) is 0 Å². The standard InChI is InChI=1S/C13H17F2N3O4.C4H8O2.C2H4.H2/c1-6(2)12(19)21-5-7-3-8(14)11(22-7)18-4-9(15)10(16)17-13(18)20;1-3(2)4(5)6;1-2;/h4,6-8,11H,3,5H2,1-2H3,(H2,16,17,20);3H,1-2H3,(H,5,6);1-2H2;1H. The number of ether oxygens (including phenoxy) is 2. The zero-order valence-electron chi connectivity index (χ0n) is 17.5. The summed E-state index contributed by atoms with van der Waals surface area (Å²) in [6.45, 7) is 12.5. The molecular weight excluding hydrogens is 404 g/mol. The van der Waals surface area contributed by atoms with Gasteiger partial charge in [-0.05, 0) is 0 Å². The smallest absolute Gasteiger partial charge is 0.351 e. The number of hydrogen-bond acceptors (Lipinski definition) is 7. The second kappa shape index (κ2) is 12.7. The van der Waals surface area contributed by atoms with Crippen LogP contribution in [0.3, 0.4) is 0 Å². The topological polar surface area (TPSA) is 134 Å². The van der Waals surface area contributed by atoms with Crippen LogP contribution in [0.5, 0.6) is 0 Å². The molecule has 11 heteroatoms. The first-order chi connectivity index (χ1) is 13.9. The lowest BCUT2D eigenvalue weighted by Gasteiger charge is -2.17. The molecule has 3 unspecified atom stereocenters. The highest BCUT2D eigenvalue weighted by molar-refractivity contribution is 5.71. The van der Waals surface area contributed by atoms with Gasteiger partial charge >= 0.3 is 17.6 Å². The lowest BCUT2D eigenvalue weighted by Crippen LogP contribution is -2.31. The van der Waals surface area contributed by atoms with Crippen LogP contribution in [0.1, 0.15) is 41.8 Å². The number of rotatable bonds is 5. The highest BCUT2D eigenvalue weighted by atomic mass is 19.1. The summed E-state index contributed by atoms with van der Waals surface area (Å²) in [5, 5.41) is 7.99. The Morgan fingerprint density at radius 1 is 1.40 bits per heavy atom. The van der Waals surface area contributed by atoms with Crippen LogP contribution < -0.4 is 11.4 Å². The van der Waals surface area contributed by atoms with Crippen molar-refractivity contribution in [2.45, 2.75) is 52.6 Å². The quantitative estimate of drug-likeness (QED) is 0.532. The molecule has 0 aliphatic carbocycles. The first-order valence-electron chi connectivity index (χ1n) is 9.17. The second-order valence-electron chi connectivity index (χ2n) is 6.84. The predicted molar refractivity (Wildman–Crippen MR) is 108 cm³/mol. The molecule has 172 valence electrons. The first kappa shape index (κ1) is 27.2. The van der Waals surface area contributed by atoms with Crippen molar-refractivity contribution < 1.29 is 34.4 Å². The van der Waals surface area contributed by atoms with Crippen LogP contribution in [0.15, 0.2) is 24.1 Å². The second-order valence-corrected chi connectivity index (χ2v) is 6.84. The van der Waals surface area contributed by atoms with Gasteiger partial charge in [0.05, 0.1) is 24.1 Å². The Labute approximate surface area is 175 Å². The highest BCUT2D eigenvalue weighted by Gasteiger charge is 2.38. The van der Waals surface area contributed by atoms with E-state index in [0.717, 1.165) is 6.20 Å². The lowest BCUT2D eigenvalue weighted by molar-refractivity contribution is -0.152. The molecule has 0 bridgehead atoms. The largest absolute Gasteiger partial charge is 0.481 e. The molecule has 2 heterocycles. The van der Waals surface area contributed by atoms with Crippen LogP contribution in [0.4, 0.5) is 14.6 Å². The fourth-order valence-electron chi connectivity index (χ4n) is 2.03. The minimum Gasteiger partial charge on any atom is -0.481 e. The van der Waals surface area contributed by atoms with Gasteiger partial charge in [-0.25, -0.2) is 13.6 Å². The molecule has 1 fully saturated rings. The first-order valence-corrected chi connectivity index (χ1v) is 9.17. The summed E-state index contributed by atoms with van der Waals surface area (Å²) < 4.78 is 38.4. The molecule has 3 atom stereocenters. The van der Waals surface area contributed by atoms with Crippen molar-refractivity contribution in [1.82, 2.24) is 9.55 Å². The van der Waals surface area contributed by atoms with Gasteiger partial charge in [-0.3, -0.25) is 14.2 Å². The van der Waals surface area contributed by atoms with Crippen LogP contribution in [0, 0.1) is 17.7 Å². The molecule has 0 amide bonds. The Morgan fingerprint density at radius 3 is 2.40 bits per heavy atom. The van der Waals surface area contributed by atoms with Gasteiger partial charge in [-0.2, -0.15) is 4.98 Å². The number of alkyl halides is 1. The van der Waals surface area contributed by atoms with Gasteiger partial charge in [0, 0.05) is 7.85 Å². The van der Waals surface area contributed by atoms with Gasteiger partial charge < -0.3 is 20.3 Å². The number of halogens is 2. The third kappa shape index (κ3) is 8.27. The van der Waals surface area contributed by atoms with E-state index in [-0.39, 0.29) is 26.3 Å². The van der Waals surface area contributed by atoms with Gasteiger partial charge in [-0.1, -0.05) is 27.7 Å². The van der Waals surface area contributed by atoms with Crippen molar-refractivity contribution in [2.24, 2.45) is 11.8 Å². The van der Waals surface area contributed by atoms with E-state index in [1.807, 2.05) is 0 Å². The van der Waals surface area contributed by atoms with E-state index >= 15 is 0 Å². The fraction of sp³-hybridized carbons (Fsp3) is 0.579. The molecule has 0 spiro atoms. The monoisotopic (exact) mass is 435 g/mol. The molecule has 1 aromatic heterocycles. The molecule has 30 heavy (non-hydrogen) atoms. The fourth-order valence-corrected chi connectivity index (χ4v) is 2.03. The van der Waals surface area contributed by atoms with E-state index in [9.17, 15) is 23.2 Å². The van der Waals surface area contributed by atoms with E-state index in [1.165, 1.54) is 0 Å². The number of nitrogen functional groups attached to an aromatic ring is 1. The Kier molecular flexibility index (Phi) is 11.5. The number of carbonyl (C=O) groups excluding carboxylic acids is 1. The Morgan fingerprint density at radius 2 is 1.93 bits per heavy atom. The Hall–Kier alpha value is -2.82. The van der Waals surface area contributed by atoms with Crippen molar-refractivity contribution in [3.8, 4) is 0 Å². The van der Waals surface area contributed by atoms with Gasteiger partial charge in [0.15, 0.2) is 17.9 Å². The van der Waals surface area contributed by atoms with Crippen LogP contribution in [-0.2, 0) is 19.1 Å². The number of anilines is 1. The van der Waals surface area contributed by atoms with E-state index in [1.54, 1.807) is 27.7 Å². The normalized spacial score (nSPS) is 20.1. The average molecular weight is 435 g/mol. The molecule has 1 aromatic rings. The van der Waals surface area contributed by atoms with Crippen molar-refractivity contribution >= 4 is 17.8 Å². The number of carboxylic acids is 1. The lowest BCUT2D eigenvalue weighted by atomic mass is 10.2. The summed E-state index contributed by atoms with van der Waals surface area (Å²) >= 11 is 0. The summed E-state index contributed by atoms with van der Waals surface area (Å²) in [5.41, 5.74) is 4.26. The Bertz CT molecular complexity index is 776. The minimum atomic E-state index is -1.55. The van der Waals surface area contributed by atoms with Crippen LogP contribution >= 0.6 is 0 Å². The number of aliphatic carboxylic acids is 1. The molecule has 2 rings (SSSR count). The maximum atomic E-state index is 14.0. The number of esters is 1. The number of aromatic nitrogens is 2. The molecule has 1 aliphatic heterocycles. The highest BCUT2D eigenvalue weighted by Crippen LogP contribution is 2.30. The van der Waals surface area contributed by atoms with Crippen molar-refractivity contribution in [3.63, 3.8) is 0 Å². The van der Waals surface area contributed by atoms with E-state index in [0.29, 0.717) is 4.57 Å². The molecule has 0 aromatic carbocycles. The molecule has 1 aliphatic rings. The maximum absolute atomic E-state index is 14.0. The predicted octanol–water partition coefficient (Wildman–Crippen LogP) is 2.56. The average Bonchev–Trinajstić information content (AvgIpc) is 3.05.